The molecule has 2 N–H and O–H groups in total. The normalized spacial score (nSPS) is 25.6. The van der Waals surface area contributed by atoms with Gasteiger partial charge < -0.3 is 24.7 Å². The van der Waals surface area contributed by atoms with E-state index in [2.05, 4.69) is 0 Å². The maximum atomic E-state index is 11.0. The van der Waals surface area contributed by atoms with Crippen LogP contribution in [-0.4, -0.2) is 39.4 Å². The summed E-state index contributed by atoms with van der Waals surface area (Å²) in [6, 6.07) is 0. The molecule has 0 unspecified atom stereocenters. The van der Waals surface area contributed by atoms with Gasteiger partial charge in [0.15, 0.2) is 6.29 Å². The molecule has 0 aliphatic carbocycles. The maximum Gasteiger partial charge on any atom is 0.335 e. The molecule has 0 aromatic rings. The Balaban J connectivity index is 2.78. The van der Waals surface area contributed by atoms with Crippen molar-refractivity contribution in [1.29, 1.82) is 0 Å². The van der Waals surface area contributed by atoms with E-state index < -0.39 is 18.0 Å². The van der Waals surface area contributed by atoms with Crippen molar-refractivity contribution in [3.8, 4) is 0 Å². The second-order valence-corrected chi connectivity index (χ2v) is 3.08. The summed E-state index contributed by atoms with van der Waals surface area (Å²) in [7, 11) is 4.37. The zero-order valence-corrected chi connectivity index (χ0v) is 8.98. The molecule has 6 heteroatoms. The minimum Gasteiger partial charge on any atom is -0.424 e. The lowest BCUT2D eigenvalue weighted by Crippen LogP contribution is -2.41. The number of carbonyl (C=O) groups is 1. The Bertz CT molecular complexity index is 274. The Morgan fingerprint density at radius 2 is 2.07 bits per heavy atom. The summed E-state index contributed by atoms with van der Waals surface area (Å²) >= 11 is 0. The van der Waals surface area contributed by atoms with E-state index in [1.54, 1.807) is 0 Å². The first kappa shape index (κ1) is 12.0. The molecule has 0 radical (unpaired) electrons. The highest BCUT2D eigenvalue weighted by molar-refractivity contribution is 5.86. The van der Waals surface area contributed by atoms with E-state index in [0.717, 1.165) is 0 Å². The fourth-order valence-electron chi connectivity index (χ4n) is 1.37. The van der Waals surface area contributed by atoms with Crippen LogP contribution >= 0.6 is 0 Å². The number of methoxy groups -OCH3 is 3. The first-order valence-corrected chi connectivity index (χ1v) is 4.39. The van der Waals surface area contributed by atoms with E-state index >= 15 is 0 Å². The van der Waals surface area contributed by atoms with Crippen LogP contribution in [0.5, 0.6) is 0 Å². The molecule has 1 aliphatic rings. The highest BCUT2D eigenvalue weighted by atomic mass is 16.7. The molecule has 0 aromatic heterocycles. The van der Waals surface area contributed by atoms with Crippen molar-refractivity contribution in [2.75, 3.05) is 21.3 Å². The number of ether oxygens (including phenoxy) is 4. The molecule has 0 saturated carbocycles. The van der Waals surface area contributed by atoms with E-state index in [0.29, 0.717) is 0 Å². The Labute approximate surface area is 87.9 Å². The van der Waals surface area contributed by atoms with Crippen molar-refractivity contribution >= 4 is 5.97 Å². The van der Waals surface area contributed by atoms with Crippen LogP contribution < -0.4 is 5.73 Å². The molecule has 0 bridgehead atoms. The van der Waals surface area contributed by atoms with E-state index in [-0.39, 0.29) is 12.1 Å². The van der Waals surface area contributed by atoms with Gasteiger partial charge in [-0.15, -0.1) is 0 Å². The van der Waals surface area contributed by atoms with Crippen molar-refractivity contribution in [2.24, 2.45) is 5.73 Å². The van der Waals surface area contributed by atoms with Crippen LogP contribution in [-0.2, 0) is 23.7 Å². The maximum absolute atomic E-state index is 11.0. The molecule has 0 fully saturated rings. The van der Waals surface area contributed by atoms with E-state index in [4.69, 9.17) is 24.7 Å². The van der Waals surface area contributed by atoms with Gasteiger partial charge in [0.05, 0.1) is 12.1 Å². The molecule has 0 aromatic carbocycles. The Morgan fingerprint density at radius 1 is 1.47 bits per heavy atom. The van der Waals surface area contributed by atoms with E-state index in [9.17, 15) is 4.79 Å². The summed E-state index contributed by atoms with van der Waals surface area (Å²) in [5.74, 6) is -1.80. The molecule has 0 saturated heterocycles. The van der Waals surface area contributed by atoms with Gasteiger partial charge in [0.2, 0.25) is 0 Å². The lowest BCUT2D eigenvalue weighted by Gasteiger charge is -2.30. The second-order valence-electron chi connectivity index (χ2n) is 3.08. The molecule has 1 atom stereocenters. The molecule has 15 heavy (non-hydrogen) atoms. The summed E-state index contributed by atoms with van der Waals surface area (Å²) in [5.41, 5.74) is 5.87. The van der Waals surface area contributed by atoms with Gasteiger partial charge in [0, 0.05) is 27.4 Å². The standard InChI is InChI=1S/C9H15NO5/c1-12-8(13-2)5-9(14-3)6(10)4-7(11)15-9/h4,8H,5,10H2,1-3H3/t9-/m1/s1. The Morgan fingerprint density at radius 3 is 2.40 bits per heavy atom. The van der Waals surface area contributed by atoms with Crippen LogP contribution in [0.4, 0.5) is 0 Å². The van der Waals surface area contributed by atoms with Gasteiger partial charge in [-0.25, -0.2) is 4.79 Å². The molecular formula is C9H15NO5. The minimum absolute atomic E-state index is 0.185. The highest BCUT2D eigenvalue weighted by Gasteiger charge is 2.44. The third-order valence-corrected chi connectivity index (χ3v) is 2.27. The molecule has 0 amide bonds. The summed E-state index contributed by atoms with van der Waals surface area (Å²) in [6.07, 6.45) is 0.819. The van der Waals surface area contributed by atoms with Crippen LogP contribution in [0, 0.1) is 0 Å². The van der Waals surface area contributed by atoms with Crippen LogP contribution in [0.15, 0.2) is 11.8 Å². The number of nitrogens with two attached hydrogens (primary N) is 1. The fraction of sp³-hybridized carbons (Fsp3) is 0.667. The monoisotopic (exact) mass is 217 g/mol. The van der Waals surface area contributed by atoms with Crippen molar-refractivity contribution in [3.63, 3.8) is 0 Å². The molecule has 86 valence electrons. The molecule has 1 rings (SSSR count). The first-order valence-electron chi connectivity index (χ1n) is 4.39. The van der Waals surface area contributed by atoms with Crippen LogP contribution in [0.3, 0.4) is 0 Å². The van der Waals surface area contributed by atoms with Gasteiger partial charge in [-0.05, 0) is 0 Å². The van der Waals surface area contributed by atoms with Crippen molar-refractivity contribution in [2.45, 2.75) is 18.5 Å². The van der Waals surface area contributed by atoms with Crippen molar-refractivity contribution < 1.29 is 23.7 Å². The predicted molar refractivity (Wildman–Crippen MR) is 50.5 cm³/mol. The van der Waals surface area contributed by atoms with Crippen molar-refractivity contribution in [3.05, 3.63) is 11.8 Å². The largest absolute Gasteiger partial charge is 0.424 e. The third-order valence-electron chi connectivity index (χ3n) is 2.27. The second kappa shape index (κ2) is 4.61. The minimum atomic E-state index is -1.27. The van der Waals surface area contributed by atoms with Gasteiger partial charge >= 0.3 is 5.97 Å². The molecular weight excluding hydrogens is 202 g/mol. The number of carbonyl (C=O) groups excluding carboxylic acids is 1. The highest BCUT2D eigenvalue weighted by Crippen LogP contribution is 2.31. The zero-order valence-electron chi connectivity index (χ0n) is 8.98. The number of hydrogen-bond acceptors (Lipinski definition) is 6. The smallest absolute Gasteiger partial charge is 0.335 e. The number of rotatable bonds is 5. The summed E-state index contributed by atoms with van der Waals surface area (Å²) in [5, 5.41) is 0. The van der Waals surface area contributed by atoms with Crippen LogP contribution in [0.1, 0.15) is 6.42 Å². The molecule has 1 aliphatic heterocycles. The van der Waals surface area contributed by atoms with Crippen LogP contribution in [0.2, 0.25) is 0 Å². The topological polar surface area (TPSA) is 80.0 Å². The van der Waals surface area contributed by atoms with E-state index in [1.807, 2.05) is 0 Å². The van der Waals surface area contributed by atoms with E-state index in [1.165, 1.54) is 27.4 Å². The lowest BCUT2D eigenvalue weighted by atomic mass is 10.1. The van der Waals surface area contributed by atoms with Gasteiger partial charge in [0.1, 0.15) is 0 Å². The zero-order chi connectivity index (χ0) is 11.5. The number of esters is 1. The first-order chi connectivity index (χ1) is 7.07. The SMILES string of the molecule is COC(C[C@@]1(OC)OC(=O)C=C1N)OC. The lowest BCUT2D eigenvalue weighted by molar-refractivity contribution is -0.226. The van der Waals surface area contributed by atoms with Crippen LogP contribution in [0.25, 0.3) is 0 Å². The summed E-state index contributed by atoms with van der Waals surface area (Å²) < 4.78 is 20.1. The predicted octanol–water partition coefficient (Wildman–Crippen LogP) is -0.262. The third kappa shape index (κ3) is 2.28. The summed E-state index contributed by atoms with van der Waals surface area (Å²) in [4.78, 5) is 11.0. The quantitative estimate of drug-likeness (QED) is 0.504. The van der Waals surface area contributed by atoms with Gasteiger partial charge in [-0.3, -0.25) is 0 Å². The average Bonchev–Trinajstić information content (AvgIpc) is 2.50. The molecule has 0 spiro atoms. The Kier molecular flexibility index (Phi) is 3.67. The summed E-state index contributed by atoms with van der Waals surface area (Å²) in [6.45, 7) is 0. The molecule has 1 heterocycles. The average molecular weight is 217 g/mol. The fourth-order valence-corrected chi connectivity index (χ4v) is 1.37. The van der Waals surface area contributed by atoms with Gasteiger partial charge in [-0.1, -0.05) is 0 Å². The Hall–Kier alpha value is -1.11. The van der Waals surface area contributed by atoms with Gasteiger partial charge in [-0.2, -0.15) is 0 Å². The van der Waals surface area contributed by atoms with Crippen molar-refractivity contribution in [1.82, 2.24) is 0 Å². The molecule has 6 nitrogen and oxygen atoms in total. The van der Waals surface area contributed by atoms with Gasteiger partial charge in [0.25, 0.3) is 5.79 Å². The number of hydrogen-bond donors (Lipinski definition) is 1. The number of cyclic esters (lactones) is 1.